The highest BCUT2D eigenvalue weighted by Crippen LogP contribution is 2.29. The Labute approximate surface area is 106 Å². The van der Waals surface area contributed by atoms with Crippen LogP contribution >= 0.6 is 11.3 Å². The molecule has 0 bridgehead atoms. The molecule has 1 aromatic carbocycles. The van der Waals surface area contributed by atoms with Crippen LogP contribution < -0.4 is 10.5 Å². The molecular formula is C14H17NOS. The molecule has 90 valence electrons. The van der Waals surface area contributed by atoms with Crippen LogP contribution in [0.1, 0.15) is 31.0 Å². The fourth-order valence-electron chi connectivity index (χ4n) is 1.73. The van der Waals surface area contributed by atoms with Crippen LogP contribution in [0.15, 0.2) is 41.1 Å². The molecular weight excluding hydrogens is 230 g/mol. The van der Waals surface area contributed by atoms with Gasteiger partial charge in [0.25, 0.3) is 0 Å². The van der Waals surface area contributed by atoms with E-state index in [0.717, 1.165) is 16.9 Å². The van der Waals surface area contributed by atoms with Crippen LogP contribution in [0, 0.1) is 0 Å². The summed E-state index contributed by atoms with van der Waals surface area (Å²) in [6.07, 6.45) is 0.158. The summed E-state index contributed by atoms with van der Waals surface area (Å²) in [5.74, 6) is 0.876. The van der Waals surface area contributed by atoms with Crippen LogP contribution in [-0.4, -0.2) is 6.10 Å². The average Bonchev–Trinajstić information content (AvgIpc) is 2.81. The molecule has 0 aliphatic rings. The Bertz CT molecular complexity index is 465. The van der Waals surface area contributed by atoms with E-state index < -0.39 is 0 Å². The molecule has 0 spiro atoms. The van der Waals surface area contributed by atoms with Crippen LogP contribution in [0.5, 0.6) is 5.75 Å². The van der Waals surface area contributed by atoms with E-state index in [1.165, 1.54) is 0 Å². The summed E-state index contributed by atoms with van der Waals surface area (Å²) in [5, 5.41) is 4.12. The topological polar surface area (TPSA) is 35.2 Å². The summed E-state index contributed by atoms with van der Waals surface area (Å²) in [4.78, 5) is 0. The molecule has 2 aromatic rings. The fraction of sp³-hybridized carbons (Fsp3) is 0.286. The number of hydrogen-bond donors (Lipinski definition) is 1. The molecule has 0 aliphatic heterocycles. The van der Waals surface area contributed by atoms with Crippen LogP contribution in [0.2, 0.25) is 0 Å². The Balaban J connectivity index is 2.31. The minimum atomic E-state index is -0.115. The minimum absolute atomic E-state index is 0.115. The number of nitrogens with two attached hydrogens (primary N) is 1. The zero-order valence-corrected chi connectivity index (χ0v) is 10.9. The smallest absolute Gasteiger partial charge is 0.124 e. The molecule has 1 atom stereocenters. The summed E-state index contributed by atoms with van der Waals surface area (Å²) >= 11 is 1.66. The lowest BCUT2D eigenvalue weighted by molar-refractivity contribution is 0.239. The lowest BCUT2D eigenvalue weighted by Crippen LogP contribution is -2.14. The number of para-hydroxylation sites is 1. The molecule has 3 heteroatoms. The number of hydrogen-bond acceptors (Lipinski definition) is 3. The second-order valence-electron chi connectivity index (χ2n) is 4.24. The maximum absolute atomic E-state index is 6.26. The molecule has 0 amide bonds. The monoisotopic (exact) mass is 247 g/mol. The Morgan fingerprint density at radius 2 is 1.94 bits per heavy atom. The van der Waals surface area contributed by atoms with Gasteiger partial charge in [0, 0.05) is 5.56 Å². The standard InChI is InChI=1S/C14H17NOS/c1-10(2)16-13-6-4-3-5-12(13)14(15)11-7-8-17-9-11/h3-10,14H,15H2,1-2H3/t14-/m1/s1. The van der Waals surface area contributed by atoms with Crippen molar-refractivity contribution in [3.05, 3.63) is 52.2 Å². The van der Waals surface area contributed by atoms with Crippen molar-refractivity contribution in [1.82, 2.24) is 0 Å². The maximum Gasteiger partial charge on any atom is 0.124 e. The summed E-state index contributed by atoms with van der Waals surface area (Å²) in [6, 6.07) is 9.91. The normalized spacial score (nSPS) is 12.7. The van der Waals surface area contributed by atoms with Crippen molar-refractivity contribution in [3.63, 3.8) is 0 Å². The minimum Gasteiger partial charge on any atom is -0.491 e. The van der Waals surface area contributed by atoms with E-state index >= 15 is 0 Å². The van der Waals surface area contributed by atoms with Gasteiger partial charge in [-0.15, -0.1) is 0 Å². The summed E-state index contributed by atoms with van der Waals surface area (Å²) < 4.78 is 5.79. The van der Waals surface area contributed by atoms with E-state index in [-0.39, 0.29) is 12.1 Å². The Morgan fingerprint density at radius 1 is 1.18 bits per heavy atom. The third-order valence-corrected chi connectivity index (χ3v) is 3.22. The van der Waals surface area contributed by atoms with Gasteiger partial charge < -0.3 is 10.5 Å². The second-order valence-corrected chi connectivity index (χ2v) is 5.02. The van der Waals surface area contributed by atoms with Crippen molar-refractivity contribution >= 4 is 11.3 Å². The summed E-state index contributed by atoms with van der Waals surface area (Å²) in [5.41, 5.74) is 8.44. The number of benzene rings is 1. The van der Waals surface area contributed by atoms with Gasteiger partial charge in [-0.05, 0) is 42.3 Å². The van der Waals surface area contributed by atoms with Crippen LogP contribution in [0.3, 0.4) is 0 Å². The Hall–Kier alpha value is -1.32. The third-order valence-electron chi connectivity index (χ3n) is 2.52. The molecule has 17 heavy (non-hydrogen) atoms. The SMILES string of the molecule is CC(C)Oc1ccccc1[C@H](N)c1ccsc1. The Kier molecular flexibility index (Phi) is 3.82. The van der Waals surface area contributed by atoms with Gasteiger partial charge in [0.1, 0.15) is 5.75 Å². The van der Waals surface area contributed by atoms with Crippen molar-refractivity contribution in [2.75, 3.05) is 0 Å². The van der Waals surface area contributed by atoms with E-state index in [1.54, 1.807) is 11.3 Å². The predicted octanol–water partition coefficient (Wildman–Crippen LogP) is 3.58. The molecule has 0 saturated carbocycles. The van der Waals surface area contributed by atoms with E-state index in [0.29, 0.717) is 0 Å². The van der Waals surface area contributed by atoms with Crippen molar-refractivity contribution in [3.8, 4) is 5.75 Å². The van der Waals surface area contributed by atoms with Gasteiger partial charge in [-0.3, -0.25) is 0 Å². The van der Waals surface area contributed by atoms with Gasteiger partial charge in [-0.1, -0.05) is 18.2 Å². The first-order valence-corrected chi connectivity index (χ1v) is 6.66. The highest BCUT2D eigenvalue weighted by atomic mass is 32.1. The first kappa shape index (κ1) is 12.1. The first-order chi connectivity index (χ1) is 8.18. The molecule has 1 heterocycles. The van der Waals surface area contributed by atoms with Crippen molar-refractivity contribution in [2.45, 2.75) is 26.0 Å². The fourth-order valence-corrected chi connectivity index (χ4v) is 2.43. The van der Waals surface area contributed by atoms with Crippen molar-refractivity contribution in [2.24, 2.45) is 5.73 Å². The zero-order chi connectivity index (χ0) is 12.3. The predicted molar refractivity (Wildman–Crippen MR) is 72.6 cm³/mol. The maximum atomic E-state index is 6.26. The first-order valence-electron chi connectivity index (χ1n) is 5.71. The van der Waals surface area contributed by atoms with E-state index in [9.17, 15) is 0 Å². The van der Waals surface area contributed by atoms with Crippen molar-refractivity contribution in [1.29, 1.82) is 0 Å². The molecule has 2 rings (SSSR count). The number of ether oxygens (including phenoxy) is 1. The van der Waals surface area contributed by atoms with E-state index in [4.69, 9.17) is 10.5 Å². The van der Waals surface area contributed by atoms with Crippen LogP contribution in [0.25, 0.3) is 0 Å². The lowest BCUT2D eigenvalue weighted by Gasteiger charge is -2.18. The Morgan fingerprint density at radius 3 is 2.59 bits per heavy atom. The quantitative estimate of drug-likeness (QED) is 0.896. The second kappa shape index (κ2) is 5.34. The van der Waals surface area contributed by atoms with Gasteiger partial charge in [0.2, 0.25) is 0 Å². The molecule has 2 N–H and O–H groups in total. The van der Waals surface area contributed by atoms with Crippen molar-refractivity contribution < 1.29 is 4.74 Å². The largest absolute Gasteiger partial charge is 0.491 e. The molecule has 1 aromatic heterocycles. The van der Waals surface area contributed by atoms with Gasteiger partial charge in [-0.2, -0.15) is 11.3 Å². The molecule has 0 radical (unpaired) electrons. The highest BCUT2D eigenvalue weighted by molar-refractivity contribution is 7.08. The summed E-state index contributed by atoms with van der Waals surface area (Å²) in [6.45, 7) is 4.04. The zero-order valence-electron chi connectivity index (χ0n) is 10.1. The highest BCUT2D eigenvalue weighted by Gasteiger charge is 2.14. The average molecular weight is 247 g/mol. The molecule has 0 fully saturated rings. The van der Waals surface area contributed by atoms with Gasteiger partial charge in [0.05, 0.1) is 12.1 Å². The summed E-state index contributed by atoms with van der Waals surface area (Å²) in [7, 11) is 0. The van der Waals surface area contributed by atoms with Crippen LogP contribution in [-0.2, 0) is 0 Å². The molecule has 0 unspecified atom stereocenters. The molecule has 2 nitrogen and oxygen atoms in total. The van der Waals surface area contributed by atoms with Gasteiger partial charge in [0.15, 0.2) is 0 Å². The van der Waals surface area contributed by atoms with Gasteiger partial charge >= 0.3 is 0 Å². The number of rotatable bonds is 4. The third kappa shape index (κ3) is 2.87. The van der Waals surface area contributed by atoms with E-state index in [2.05, 4.69) is 11.4 Å². The molecule has 0 saturated heterocycles. The number of thiophene rings is 1. The van der Waals surface area contributed by atoms with Crippen LogP contribution in [0.4, 0.5) is 0 Å². The van der Waals surface area contributed by atoms with E-state index in [1.807, 2.05) is 43.5 Å². The molecule has 0 aliphatic carbocycles. The lowest BCUT2D eigenvalue weighted by atomic mass is 10.0. The van der Waals surface area contributed by atoms with Gasteiger partial charge in [-0.25, -0.2) is 0 Å².